The van der Waals surface area contributed by atoms with Crippen molar-refractivity contribution in [3.8, 4) is 22.6 Å². The van der Waals surface area contributed by atoms with Gasteiger partial charge in [0.2, 0.25) is 10.0 Å². The number of aliphatic imine (C=N–C) groups is 1. The third-order valence-electron chi connectivity index (χ3n) is 10.7. The lowest BCUT2D eigenvalue weighted by Crippen LogP contribution is -2.60. The van der Waals surface area contributed by atoms with E-state index in [-0.39, 0.29) is 42.1 Å². The fourth-order valence-corrected chi connectivity index (χ4v) is 9.03. The van der Waals surface area contributed by atoms with Crippen LogP contribution < -0.4 is 10.1 Å². The number of carbonyl (C=O) groups excluding carboxylic acids is 2. The van der Waals surface area contributed by atoms with Crippen LogP contribution in [0.5, 0.6) is 11.5 Å². The molecule has 3 atom stereocenters. The van der Waals surface area contributed by atoms with Crippen LogP contribution >= 0.6 is 0 Å². The van der Waals surface area contributed by atoms with Crippen molar-refractivity contribution in [2.24, 2.45) is 10.4 Å². The van der Waals surface area contributed by atoms with Crippen LogP contribution in [0.3, 0.4) is 0 Å². The van der Waals surface area contributed by atoms with Crippen molar-refractivity contribution in [1.82, 2.24) is 19.7 Å². The molecule has 6 rings (SSSR count). The number of esters is 1. The average molecular weight is 812 g/mol. The molecule has 4 N–H and O–H groups in total. The number of rotatable bonds is 9. The van der Waals surface area contributed by atoms with Crippen LogP contribution in [-0.2, 0) is 48.5 Å². The van der Waals surface area contributed by atoms with Crippen molar-refractivity contribution in [2.45, 2.75) is 89.9 Å². The first-order valence-electron chi connectivity index (χ1n) is 19.5. The van der Waals surface area contributed by atoms with Gasteiger partial charge in [-0.3, -0.25) is 19.6 Å². The topological polar surface area (TPSA) is 172 Å². The molecule has 3 heterocycles. The number of amides is 1. The predicted octanol–water partition coefficient (Wildman–Crippen LogP) is 6.27. The number of hydrogen-bond donors (Lipinski definition) is 4. The number of nitrogens with one attached hydrogen (secondary N) is 2. The number of phenols is 2. The van der Waals surface area contributed by atoms with E-state index in [1.54, 1.807) is 19.4 Å². The summed E-state index contributed by atoms with van der Waals surface area (Å²) in [5, 5.41) is 23.1. The Labute approximate surface area is 340 Å². The quantitative estimate of drug-likeness (QED) is 0.0864. The molecule has 14 heteroatoms. The van der Waals surface area contributed by atoms with Gasteiger partial charge in [-0.05, 0) is 117 Å². The van der Waals surface area contributed by atoms with Gasteiger partial charge in [0.05, 0.1) is 29.0 Å². The average Bonchev–Trinajstić information content (AvgIpc) is 3.49. The number of phenolic OH excluding ortho intramolecular Hbond substituents is 2. The Morgan fingerprint density at radius 1 is 1.10 bits per heavy atom. The number of ether oxygens (including phenoxy) is 2. The lowest BCUT2D eigenvalue weighted by molar-refractivity contribution is -0.155. The highest BCUT2D eigenvalue weighted by Gasteiger charge is 2.36. The zero-order valence-electron chi connectivity index (χ0n) is 33.9. The molecule has 308 valence electrons. The smallest absolute Gasteiger partial charge is 0.324 e. The lowest BCUT2D eigenvalue weighted by Gasteiger charge is -2.35. The summed E-state index contributed by atoms with van der Waals surface area (Å²) in [6.07, 6.45) is 4.44. The Kier molecular flexibility index (Phi) is 12.6. The van der Waals surface area contributed by atoms with E-state index in [0.29, 0.717) is 42.6 Å². The van der Waals surface area contributed by atoms with E-state index < -0.39 is 39.4 Å². The Morgan fingerprint density at radius 3 is 2.52 bits per heavy atom. The molecule has 0 spiro atoms. The van der Waals surface area contributed by atoms with Crippen LogP contribution in [0.2, 0.25) is 0 Å². The first kappa shape index (κ1) is 42.3. The number of nitrogens with zero attached hydrogens (tertiary/aromatic N) is 3. The first-order chi connectivity index (χ1) is 27.6. The highest BCUT2D eigenvalue weighted by atomic mass is 32.2. The van der Waals surface area contributed by atoms with Gasteiger partial charge in [0, 0.05) is 48.3 Å². The van der Waals surface area contributed by atoms with E-state index in [1.807, 2.05) is 52.0 Å². The first-order valence-corrected chi connectivity index (χ1v) is 21.0. The Balaban J connectivity index is 1.56. The van der Waals surface area contributed by atoms with E-state index in [2.05, 4.69) is 34.3 Å². The Hall–Kier alpha value is -5.28. The number of hydrazine groups is 1. The van der Waals surface area contributed by atoms with Gasteiger partial charge in [0.1, 0.15) is 23.6 Å². The second kappa shape index (κ2) is 17.3. The van der Waals surface area contributed by atoms with Crippen molar-refractivity contribution in [2.75, 3.05) is 20.3 Å². The van der Waals surface area contributed by atoms with Gasteiger partial charge in [0.15, 0.2) is 0 Å². The SMILES string of the molecule is C=C/C(=C(\N=C/C)[C@H](C)OC)c1c2c3cc(ccc3n1CC)-c1cc(O)cc(c1)C[C@H](NS(=O)(=O)c1ccc(O)cc1)C(=O)N1CCC[C@H](N1)C(=O)OCC(C)(C)C2. The van der Waals surface area contributed by atoms with E-state index in [1.165, 1.54) is 35.3 Å². The molecule has 1 aromatic heterocycles. The zero-order chi connectivity index (χ0) is 41.9. The summed E-state index contributed by atoms with van der Waals surface area (Å²) >= 11 is 0. The maximum absolute atomic E-state index is 14.3. The predicted molar refractivity (Wildman–Crippen MR) is 225 cm³/mol. The van der Waals surface area contributed by atoms with Gasteiger partial charge in [-0.15, -0.1) is 0 Å². The molecule has 3 aromatic carbocycles. The molecule has 2 aliphatic rings. The molecule has 0 saturated carbocycles. The molecule has 1 saturated heterocycles. The second-order valence-electron chi connectivity index (χ2n) is 15.6. The van der Waals surface area contributed by atoms with Gasteiger partial charge in [-0.25, -0.2) is 13.8 Å². The van der Waals surface area contributed by atoms with E-state index in [4.69, 9.17) is 14.5 Å². The van der Waals surface area contributed by atoms with Crippen LogP contribution in [-0.4, -0.2) is 84.7 Å². The van der Waals surface area contributed by atoms with Crippen molar-refractivity contribution in [1.29, 1.82) is 0 Å². The number of benzene rings is 3. The number of sulfonamides is 1. The molecular weight excluding hydrogens is 759 g/mol. The zero-order valence-corrected chi connectivity index (χ0v) is 34.7. The summed E-state index contributed by atoms with van der Waals surface area (Å²) in [6.45, 7) is 15.1. The third kappa shape index (κ3) is 8.90. The number of methoxy groups -OCH3 is 1. The molecule has 58 heavy (non-hydrogen) atoms. The Bertz CT molecular complexity index is 2380. The van der Waals surface area contributed by atoms with Crippen molar-refractivity contribution >= 4 is 44.6 Å². The number of allylic oxidation sites excluding steroid dienone is 2. The molecule has 2 aliphatic heterocycles. The minimum Gasteiger partial charge on any atom is -0.508 e. The van der Waals surface area contributed by atoms with Crippen LogP contribution in [0.15, 0.2) is 88.9 Å². The summed E-state index contributed by atoms with van der Waals surface area (Å²) in [4.78, 5) is 32.6. The van der Waals surface area contributed by atoms with Gasteiger partial charge in [-0.1, -0.05) is 38.6 Å². The summed E-state index contributed by atoms with van der Waals surface area (Å²) in [5.74, 6) is -1.30. The third-order valence-corrected chi connectivity index (χ3v) is 12.2. The largest absolute Gasteiger partial charge is 0.508 e. The minimum atomic E-state index is -4.28. The fourth-order valence-electron chi connectivity index (χ4n) is 7.84. The number of aromatic nitrogens is 1. The van der Waals surface area contributed by atoms with Gasteiger partial charge in [-0.2, -0.15) is 4.72 Å². The molecule has 0 radical (unpaired) electrons. The molecule has 13 nitrogen and oxygen atoms in total. The van der Waals surface area contributed by atoms with Crippen LogP contribution in [0, 0.1) is 5.41 Å². The van der Waals surface area contributed by atoms with E-state index in [0.717, 1.165) is 33.3 Å². The molecule has 4 aromatic rings. The Morgan fingerprint density at radius 2 is 1.84 bits per heavy atom. The number of hydrogen-bond acceptors (Lipinski definition) is 10. The number of aromatic hydroxyl groups is 2. The number of carbonyl (C=O) groups is 2. The fraction of sp³-hybridized carbons (Fsp3) is 0.386. The second-order valence-corrected chi connectivity index (χ2v) is 17.3. The standard InChI is InChI=1S/C44H53N5O8S/c1-8-34(40(45-9-2)27(4)56-7)41-36-25-44(5,6)26-57-43(53)37-12-11-19-49(46-37)42(52)38(47-58(54,55)33-16-14-31(50)15-17-33)22-28-20-30(23-32(51)21-28)29-13-18-39(35(36)24-29)48(41)10-3/h8-9,13-18,20-21,23-24,27,37-38,46-47,50-51H,1,10-12,19,22,25-26H2,2-7H3/b40-34+,45-9-/t27-,37-,38-/m0/s1. The van der Waals surface area contributed by atoms with Gasteiger partial charge in [0.25, 0.3) is 5.91 Å². The van der Waals surface area contributed by atoms with Crippen LogP contribution in [0.25, 0.3) is 27.6 Å². The summed E-state index contributed by atoms with van der Waals surface area (Å²) in [6, 6.07) is 13.9. The van der Waals surface area contributed by atoms with Gasteiger partial charge >= 0.3 is 5.97 Å². The molecule has 6 bridgehead atoms. The van der Waals surface area contributed by atoms with E-state index >= 15 is 0 Å². The highest BCUT2D eigenvalue weighted by molar-refractivity contribution is 7.89. The summed E-state index contributed by atoms with van der Waals surface area (Å²) in [7, 11) is -2.64. The highest BCUT2D eigenvalue weighted by Crippen LogP contribution is 2.40. The number of fused-ring (bicyclic) bond motifs is 6. The molecule has 0 aliphatic carbocycles. The summed E-state index contributed by atoms with van der Waals surface area (Å²) in [5.41, 5.74) is 8.79. The normalized spacial score (nSPS) is 20.1. The molecule has 1 fully saturated rings. The molecule has 1 amide bonds. The van der Waals surface area contributed by atoms with Crippen LogP contribution in [0.4, 0.5) is 0 Å². The van der Waals surface area contributed by atoms with Crippen molar-refractivity contribution in [3.05, 3.63) is 95.8 Å². The summed E-state index contributed by atoms with van der Waals surface area (Å²) < 4.78 is 44.0. The van der Waals surface area contributed by atoms with Crippen molar-refractivity contribution in [3.63, 3.8) is 0 Å². The van der Waals surface area contributed by atoms with Crippen LogP contribution in [0.1, 0.15) is 64.3 Å². The maximum atomic E-state index is 14.3. The molecule has 0 unspecified atom stereocenters. The lowest BCUT2D eigenvalue weighted by atomic mass is 9.84. The van der Waals surface area contributed by atoms with Crippen molar-refractivity contribution < 1.29 is 37.7 Å². The monoisotopic (exact) mass is 811 g/mol. The van der Waals surface area contributed by atoms with Gasteiger partial charge < -0.3 is 24.3 Å². The molecular formula is C44H53N5O8S. The maximum Gasteiger partial charge on any atom is 0.324 e. The minimum absolute atomic E-state index is 0.0610. The number of aryl methyl sites for hydroxylation is 1. The van der Waals surface area contributed by atoms with E-state index in [9.17, 15) is 28.2 Å². The number of cyclic esters (lactones) is 1.